The number of aromatic nitrogens is 4. The number of ether oxygens (including phenoxy) is 2. The first kappa shape index (κ1) is 25.5. The molecule has 1 amide bonds. The molecule has 202 valence electrons. The molecule has 4 aromatic rings. The third-order valence-electron chi connectivity index (χ3n) is 7.44. The van der Waals surface area contributed by atoms with Crippen LogP contribution in [0.5, 0.6) is 5.88 Å². The number of carbonyl (C=O) groups is 1. The number of fused-ring (bicyclic) bond motifs is 1. The van der Waals surface area contributed by atoms with E-state index >= 15 is 0 Å². The Labute approximate surface area is 232 Å². The van der Waals surface area contributed by atoms with Crippen LogP contribution in [-0.2, 0) is 16.0 Å². The first-order valence-corrected chi connectivity index (χ1v) is 13.3. The van der Waals surface area contributed by atoms with Gasteiger partial charge >= 0.3 is 0 Å². The number of anilines is 1. The molecule has 2 aliphatic rings. The van der Waals surface area contributed by atoms with Gasteiger partial charge in [-0.05, 0) is 41.3 Å². The van der Waals surface area contributed by atoms with Gasteiger partial charge in [0.15, 0.2) is 0 Å². The summed E-state index contributed by atoms with van der Waals surface area (Å²) in [5, 5.41) is 14.1. The first-order chi connectivity index (χ1) is 19.6. The molecule has 0 unspecified atom stereocenters. The summed E-state index contributed by atoms with van der Waals surface area (Å²) >= 11 is 0. The van der Waals surface area contributed by atoms with Gasteiger partial charge in [-0.3, -0.25) is 4.79 Å². The van der Waals surface area contributed by atoms with Crippen LogP contribution in [0.2, 0.25) is 0 Å². The Bertz CT molecular complexity index is 1600. The van der Waals surface area contributed by atoms with Gasteiger partial charge in [0.2, 0.25) is 11.8 Å². The van der Waals surface area contributed by atoms with E-state index in [0.29, 0.717) is 57.3 Å². The van der Waals surface area contributed by atoms with Crippen molar-refractivity contribution in [2.75, 3.05) is 51.4 Å². The van der Waals surface area contributed by atoms with Crippen molar-refractivity contribution in [2.45, 2.75) is 12.8 Å². The molecule has 6 heterocycles. The summed E-state index contributed by atoms with van der Waals surface area (Å²) in [4.78, 5) is 25.9. The van der Waals surface area contributed by atoms with Crippen LogP contribution in [0.15, 0.2) is 61.2 Å². The largest absolute Gasteiger partial charge is 0.481 e. The second-order valence-electron chi connectivity index (χ2n) is 9.82. The van der Waals surface area contributed by atoms with Gasteiger partial charge in [0, 0.05) is 62.0 Å². The number of carbonyl (C=O) groups excluding carboxylic acids is 1. The van der Waals surface area contributed by atoms with Crippen molar-refractivity contribution >= 4 is 22.8 Å². The maximum atomic E-state index is 12.8. The Kier molecular flexibility index (Phi) is 7.12. The molecule has 1 saturated heterocycles. The average molecular weight is 536 g/mol. The number of hydrogen-bond acceptors (Lipinski definition) is 8. The molecular weight excluding hydrogens is 506 g/mol. The predicted octanol–water partition coefficient (Wildman–Crippen LogP) is 3.37. The third kappa shape index (κ3) is 5.11. The zero-order valence-corrected chi connectivity index (χ0v) is 22.3. The molecule has 0 saturated carbocycles. The van der Waals surface area contributed by atoms with Crippen LogP contribution < -0.4 is 9.64 Å². The highest BCUT2D eigenvalue weighted by Crippen LogP contribution is 2.32. The molecule has 40 heavy (non-hydrogen) atoms. The molecule has 10 heteroatoms. The van der Waals surface area contributed by atoms with Gasteiger partial charge in [-0.1, -0.05) is 12.1 Å². The molecule has 0 radical (unpaired) electrons. The fourth-order valence-electron chi connectivity index (χ4n) is 5.23. The molecule has 4 aromatic heterocycles. The van der Waals surface area contributed by atoms with E-state index in [1.54, 1.807) is 30.1 Å². The van der Waals surface area contributed by atoms with Gasteiger partial charge in [-0.15, -0.1) is 0 Å². The lowest BCUT2D eigenvalue weighted by atomic mass is 9.98. The summed E-state index contributed by atoms with van der Waals surface area (Å²) in [7, 11) is 1.57. The van der Waals surface area contributed by atoms with Crippen LogP contribution in [0.4, 0.5) is 5.82 Å². The zero-order chi connectivity index (χ0) is 27.5. The molecule has 0 bridgehead atoms. The summed E-state index contributed by atoms with van der Waals surface area (Å²) in [6.45, 7) is 3.96. The molecule has 10 nitrogen and oxygen atoms in total. The fourth-order valence-corrected chi connectivity index (χ4v) is 5.23. The number of rotatable bonds is 6. The van der Waals surface area contributed by atoms with Gasteiger partial charge < -0.3 is 19.3 Å². The monoisotopic (exact) mass is 535 g/mol. The number of amides is 1. The Morgan fingerprint density at radius 3 is 2.62 bits per heavy atom. The normalized spacial score (nSPS) is 15.6. The lowest BCUT2D eigenvalue weighted by molar-refractivity contribution is -0.130. The maximum absolute atomic E-state index is 12.8. The van der Waals surface area contributed by atoms with Crippen LogP contribution in [-0.4, -0.2) is 76.9 Å². The minimum atomic E-state index is 0.0903. The fraction of sp³-hybridized carbons (Fsp3) is 0.300. The molecule has 0 atom stereocenters. The van der Waals surface area contributed by atoms with Crippen molar-refractivity contribution in [3.8, 4) is 23.1 Å². The summed E-state index contributed by atoms with van der Waals surface area (Å²) in [5.41, 5.74) is 6.28. The van der Waals surface area contributed by atoms with Crippen LogP contribution in [0.25, 0.3) is 22.2 Å². The van der Waals surface area contributed by atoms with Crippen molar-refractivity contribution in [3.05, 3.63) is 77.9 Å². The van der Waals surface area contributed by atoms with Crippen molar-refractivity contribution < 1.29 is 14.3 Å². The van der Waals surface area contributed by atoms with Crippen LogP contribution >= 0.6 is 0 Å². The Morgan fingerprint density at radius 1 is 1.07 bits per heavy atom. The quantitative estimate of drug-likeness (QED) is 0.370. The average Bonchev–Trinajstić information content (AvgIpc) is 3.45. The molecule has 0 aliphatic carbocycles. The summed E-state index contributed by atoms with van der Waals surface area (Å²) in [6, 6.07) is 12.1. The Morgan fingerprint density at radius 2 is 1.95 bits per heavy atom. The second kappa shape index (κ2) is 11.2. The van der Waals surface area contributed by atoms with Gasteiger partial charge in [0.05, 0.1) is 44.0 Å². The minimum absolute atomic E-state index is 0.0903. The van der Waals surface area contributed by atoms with E-state index in [0.717, 1.165) is 40.0 Å². The highest BCUT2D eigenvalue weighted by Gasteiger charge is 2.23. The summed E-state index contributed by atoms with van der Waals surface area (Å²) < 4.78 is 12.4. The number of methoxy groups -OCH3 is 1. The SMILES string of the molecule is COc1ccc(CC(=O)N2CCN(c3ccc(-c4cc(C5=CCOCC5)cn5ncc(C#N)c45)cn3)CC2)cn1. The molecular formula is C30H29N7O3. The van der Waals surface area contributed by atoms with Crippen molar-refractivity contribution in [1.29, 1.82) is 5.26 Å². The van der Waals surface area contributed by atoms with Crippen LogP contribution in [0.1, 0.15) is 23.1 Å². The predicted molar refractivity (Wildman–Crippen MR) is 150 cm³/mol. The number of nitriles is 1. The summed E-state index contributed by atoms with van der Waals surface area (Å²) in [6.07, 6.45) is 10.4. The smallest absolute Gasteiger partial charge is 0.227 e. The van der Waals surface area contributed by atoms with E-state index in [9.17, 15) is 10.1 Å². The van der Waals surface area contributed by atoms with Crippen molar-refractivity contribution in [1.82, 2.24) is 24.5 Å². The van der Waals surface area contributed by atoms with E-state index in [4.69, 9.17) is 14.5 Å². The van der Waals surface area contributed by atoms with E-state index in [-0.39, 0.29) is 5.91 Å². The van der Waals surface area contributed by atoms with E-state index in [1.165, 1.54) is 5.57 Å². The molecule has 2 aliphatic heterocycles. The standard InChI is InChI=1S/C30H29N7O3/c1-39-28-5-2-21(17-33-28)14-29(38)36-10-8-35(9-11-36)27-4-3-23(18-32-27)26-15-24(22-6-12-40-13-7-22)20-37-30(26)25(16-31)19-34-37/h2-6,15,17-20H,7-14H2,1H3. The van der Waals surface area contributed by atoms with Crippen LogP contribution in [0, 0.1) is 11.3 Å². The maximum Gasteiger partial charge on any atom is 0.227 e. The van der Waals surface area contributed by atoms with E-state index in [1.807, 2.05) is 35.5 Å². The number of nitrogens with zero attached hydrogens (tertiary/aromatic N) is 7. The van der Waals surface area contributed by atoms with Gasteiger partial charge in [-0.25, -0.2) is 14.5 Å². The minimum Gasteiger partial charge on any atom is -0.481 e. The number of piperazine rings is 1. The zero-order valence-electron chi connectivity index (χ0n) is 22.3. The molecule has 0 N–H and O–H groups in total. The van der Waals surface area contributed by atoms with Crippen molar-refractivity contribution in [2.24, 2.45) is 0 Å². The van der Waals surface area contributed by atoms with E-state index < -0.39 is 0 Å². The van der Waals surface area contributed by atoms with Gasteiger partial charge in [-0.2, -0.15) is 10.4 Å². The highest BCUT2D eigenvalue weighted by molar-refractivity contribution is 5.87. The Hall–Kier alpha value is -4.75. The molecule has 0 spiro atoms. The third-order valence-corrected chi connectivity index (χ3v) is 7.44. The second-order valence-corrected chi connectivity index (χ2v) is 9.82. The van der Waals surface area contributed by atoms with Gasteiger partial charge in [0.25, 0.3) is 0 Å². The first-order valence-electron chi connectivity index (χ1n) is 13.3. The number of pyridine rings is 3. The van der Waals surface area contributed by atoms with Crippen LogP contribution in [0.3, 0.4) is 0 Å². The lowest BCUT2D eigenvalue weighted by Gasteiger charge is -2.35. The lowest BCUT2D eigenvalue weighted by Crippen LogP contribution is -2.49. The highest BCUT2D eigenvalue weighted by atomic mass is 16.5. The Balaban J connectivity index is 1.17. The molecule has 0 aromatic carbocycles. The summed E-state index contributed by atoms with van der Waals surface area (Å²) in [5.74, 6) is 1.49. The molecule has 6 rings (SSSR count). The van der Waals surface area contributed by atoms with Crippen molar-refractivity contribution in [3.63, 3.8) is 0 Å². The van der Waals surface area contributed by atoms with E-state index in [2.05, 4.69) is 33.2 Å². The molecule has 1 fully saturated rings. The van der Waals surface area contributed by atoms with Gasteiger partial charge in [0.1, 0.15) is 11.9 Å². The topological polar surface area (TPSA) is 109 Å². The number of hydrogen-bond donors (Lipinski definition) is 0.